The summed E-state index contributed by atoms with van der Waals surface area (Å²) in [6.45, 7) is 3.72. The molecule has 0 aliphatic rings. The van der Waals surface area contributed by atoms with Crippen LogP contribution in [-0.4, -0.2) is 14.8 Å². The molecule has 2 rings (SSSR count). The molecule has 0 unspecified atom stereocenters. The predicted molar refractivity (Wildman–Crippen MR) is 62.8 cm³/mol. The number of rotatable bonds is 2. The zero-order chi connectivity index (χ0) is 11.7. The second-order valence-electron chi connectivity index (χ2n) is 3.52. The Kier molecular flexibility index (Phi) is 2.87. The monoisotopic (exact) mass is 237 g/mol. The van der Waals surface area contributed by atoms with Gasteiger partial charge in [0.2, 0.25) is 0 Å². The van der Waals surface area contributed by atoms with E-state index in [0.29, 0.717) is 10.3 Å². The van der Waals surface area contributed by atoms with Crippen molar-refractivity contribution in [3.8, 4) is 5.69 Å². The van der Waals surface area contributed by atoms with E-state index in [1.165, 1.54) is 6.07 Å². The normalized spacial score (nSPS) is 10.7. The Morgan fingerprint density at radius 1 is 1.50 bits per heavy atom. The number of aromatic nitrogens is 3. The molecule has 0 saturated carbocycles. The number of benzene rings is 1. The van der Waals surface area contributed by atoms with Crippen LogP contribution in [0.5, 0.6) is 0 Å². The Bertz CT molecular complexity index is 571. The molecule has 0 atom stereocenters. The summed E-state index contributed by atoms with van der Waals surface area (Å²) in [6, 6.07) is 4.95. The molecule has 1 heterocycles. The zero-order valence-electron chi connectivity index (χ0n) is 9.12. The van der Waals surface area contributed by atoms with Gasteiger partial charge in [-0.1, -0.05) is 13.0 Å². The van der Waals surface area contributed by atoms with Crippen LogP contribution < -0.4 is 0 Å². The molecule has 2 aromatic rings. The van der Waals surface area contributed by atoms with Gasteiger partial charge in [-0.25, -0.2) is 4.39 Å². The van der Waals surface area contributed by atoms with E-state index in [1.807, 2.05) is 13.0 Å². The first-order valence-electron chi connectivity index (χ1n) is 5.07. The van der Waals surface area contributed by atoms with Gasteiger partial charge in [-0.2, -0.15) is 5.10 Å². The van der Waals surface area contributed by atoms with Gasteiger partial charge in [0, 0.05) is 12.0 Å². The van der Waals surface area contributed by atoms with Gasteiger partial charge in [0.25, 0.3) is 0 Å². The van der Waals surface area contributed by atoms with E-state index in [1.54, 1.807) is 17.6 Å². The number of H-pyrrole nitrogens is 1. The summed E-state index contributed by atoms with van der Waals surface area (Å²) < 4.78 is 15.7. The van der Waals surface area contributed by atoms with Gasteiger partial charge in [0.05, 0.1) is 5.69 Å². The van der Waals surface area contributed by atoms with Crippen LogP contribution in [0.4, 0.5) is 4.39 Å². The fourth-order valence-electron chi connectivity index (χ4n) is 1.65. The molecule has 1 aromatic heterocycles. The lowest BCUT2D eigenvalue weighted by molar-refractivity contribution is 0.616. The second-order valence-corrected chi connectivity index (χ2v) is 3.90. The summed E-state index contributed by atoms with van der Waals surface area (Å²) in [6.07, 6.45) is 0.739. The van der Waals surface area contributed by atoms with Crippen LogP contribution >= 0.6 is 12.2 Å². The highest BCUT2D eigenvalue weighted by atomic mass is 32.1. The smallest absolute Gasteiger partial charge is 0.199 e. The molecule has 0 aliphatic heterocycles. The predicted octanol–water partition coefficient (Wildman–Crippen LogP) is 2.94. The van der Waals surface area contributed by atoms with Crippen molar-refractivity contribution >= 4 is 12.2 Å². The van der Waals surface area contributed by atoms with Gasteiger partial charge in [-0.3, -0.25) is 9.67 Å². The third kappa shape index (κ3) is 1.67. The molecule has 0 radical (unpaired) electrons. The standard InChI is InChI=1S/C11H12FN3S/c1-3-10-13-14-11(16)15(10)9-6-4-5-8(12)7(9)2/h4-6H,3H2,1-2H3,(H,14,16). The van der Waals surface area contributed by atoms with Crippen LogP contribution in [0.3, 0.4) is 0 Å². The van der Waals surface area contributed by atoms with E-state index >= 15 is 0 Å². The average molecular weight is 237 g/mol. The number of hydrogen-bond acceptors (Lipinski definition) is 2. The lowest BCUT2D eigenvalue weighted by atomic mass is 10.2. The zero-order valence-corrected chi connectivity index (χ0v) is 9.94. The molecular formula is C11H12FN3S. The minimum atomic E-state index is -0.234. The van der Waals surface area contributed by atoms with E-state index in [-0.39, 0.29) is 5.82 Å². The fourth-order valence-corrected chi connectivity index (χ4v) is 1.90. The molecule has 0 fully saturated rings. The van der Waals surface area contributed by atoms with E-state index in [0.717, 1.165) is 17.9 Å². The third-order valence-corrected chi connectivity index (χ3v) is 2.81. The van der Waals surface area contributed by atoms with Crippen molar-refractivity contribution in [2.45, 2.75) is 20.3 Å². The summed E-state index contributed by atoms with van der Waals surface area (Å²) in [5.41, 5.74) is 1.32. The van der Waals surface area contributed by atoms with Crippen molar-refractivity contribution in [3.63, 3.8) is 0 Å². The fraction of sp³-hybridized carbons (Fsp3) is 0.273. The maximum atomic E-state index is 13.5. The van der Waals surface area contributed by atoms with Crippen molar-refractivity contribution < 1.29 is 4.39 Å². The molecule has 0 saturated heterocycles. The summed E-state index contributed by atoms with van der Waals surface area (Å²) in [7, 11) is 0. The van der Waals surface area contributed by atoms with Crippen molar-refractivity contribution in [3.05, 3.63) is 40.2 Å². The lowest BCUT2D eigenvalue weighted by Gasteiger charge is -2.09. The van der Waals surface area contributed by atoms with Crippen molar-refractivity contribution in [2.24, 2.45) is 0 Å². The molecular weight excluding hydrogens is 225 g/mol. The van der Waals surface area contributed by atoms with E-state index in [9.17, 15) is 4.39 Å². The van der Waals surface area contributed by atoms with Crippen molar-refractivity contribution in [1.29, 1.82) is 0 Å². The molecule has 5 heteroatoms. The van der Waals surface area contributed by atoms with Gasteiger partial charge in [0.15, 0.2) is 4.77 Å². The molecule has 0 aliphatic carbocycles. The maximum Gasteiger partial charge on any atom is 0.199 e. The summed E-state index contributed by atoms with van der Waals surface area (Å²) in [5.74, 6) is 0.571. The van der Waals surface area contributed by atoms with Crippen LogP contribution in [0.1, 0.15) is 18.3 Å². The van der Waals surface area contributed by atoms with Crippen LogP contribution in [0.25, 0.3) is 5.69 Å². The minimum absolute atomic E-state index is 0.234. The van der Waals surface area contributed by atoms with Crippen LogP contribution in [-0.2, 0) is 6.42 Å². The van der Waals surface area contributed by atoms with Gasteiger partial charge in [-0.05, 0) is 31.3 Å². The van der Waals surface area contributed by atoms with Gasteiger partial charge >= 0.3 is 0 Å². The second kappa shape index (κ2) is 4.17. The number of hydrogen-bond donors (Lipinski definition) is 1. The Balaban J connectivity index is 2.72. The van der Waals surface area contributed by atoms with Crippen LogP contribution in [0.2, 0.25) is 0 Å². The van der Waals surface area contributed by atoms with Crippen molar-refractivity contribution in [1.82, 2.24) is 14.8 Å². The highest BCUT2D eigenvalue weighted by Gasteiger charge is 2.10. The molecule has 3 nitrogen and oxygen atoms in total. The summed E-state index contributed by atoms with van der Waals surface area (Å²) in [5, 5.41) is 6.83. The van der Waals surface area contributed by atoms with Gasteiger partial charge < -0.3 is 0 Å². The van der Waals surface area contributed by atoms with E-state index in [2.05, 4.69) is 10.2 Å². The third-order valence-electron chi connectivity index (χ3n) is 2.54. The minimum Gasteiger partial charge on any atom is -0.272 e. The first-order chi connectivity index (χ1) is 7.65. The highest BCUT2D eigenvalue weighted by molar-refractivity contribution is 7.71. The largest absolute Gasteiger partial charge is 0.272 e. The molecule has 16 heavy (non-hydrogen) atoms. The van der Waals surface area contributed by atoms with E-state index < -0.39 is 0 Å². The molecule has 0 amide bonds. The molecule has 1 aromatic carbocycles. The topological polar surface area (TPSA) is 33.6 Å². The average Bonchev–Trinajstić information content (AvgIpc) is 2.64. The molecule has 0 bridgehead atoms. The highest BCUT2D eigenvalue weighted by Crippen LogP contribution is 2.18. The number of nitrogens with one attached hydrogen (secondary N) is 1. The van der Waals surface area contributed by atoms with Crippen LogP contribution in [0, 0.1) is 17.5 Å². The maximum absolute atomic E-state index is 13.5. The van der Waals surface area contributed by atoms with E-state index in [4.69, 9.17) is 12.2 Å². The number of nitrogens with zero attached hydrogens (tertiary/aromatic N) is 2. The first kappa shape index (κ1) is 11.0. The first-order valence-corrected chi connectivity index (χ1v) is 5.47. The number of aryl methyl sites for hydroxylation is 1. The van der Waals surface area contributed by atoms with Gasteiger partial charge in [0.1, 0.15) is 11.6 Å². The summed E-state index contributed by atoms with van der Waals surface area (Å²) >= 11 is 5.15. The Labute approximate surface area is 97.9 Å². The number of halogens is 1. The summed E-state index contributed by atoms with van der Waals surface area (Å²) in [4.78, 5) is 0. The SMILES string of the molecule is CCc1n[nH]c(=S)n1-c1cccc(F)c1C. The molecule has 0 spiro atoms. The number of aromatic amines is 1. The van der Waals surface area contributed by atoms with Crippen molar-refractivity contribution in [2.75, 3.05) is 0 Å². The quantitative estimate of drug-likeness (QED) is 0.815. The molecule has 1 N–H and O–H groups in total. The Hall–Kier alpha value is -1.49. The molecule has 84 valence electrons. The Morgan fingerprint density at radius 3 is 2.94 bits per heavy atom. The lowest BCUT2D eigenvalue weighted by Crippen LogP contribution is -2.03. The van der Waals surface area contributed by atoms with Crippen LogP contribution in [0.15, 0.2) is 18.2 Å². The Morgan fingerprint density at radius 2 is 2.25 bits per heavy atom. The van der Waals surface area contributed by atoms with Gasteiger partial charge in [-0.15, -0.1) is 0 Å².